The Kier molecular flexibility index (Phi) is 7.16. The number of thioether (sulfide) groups is 2. The predicted molar refractivity (Wildman–Crippen MR) is 88.7 cm³/mol. The van der Waals surface area contributed by atoms with E-state index in [-0.39, 0.29) is 4.58 Å². The Labute approximate surface area is 136 Å². The highest BCUT2D eigenvalue weighted by Gasteiger charge is 2.46. The van der Waals surface area contributed by atoms with E-state index in [4.69, 9.17) is 9.47 Å². The molecule has 0 aromatic heterocycles. The van der Waals surface area contributed by atoms with Crippen LogP contribution in [-0.2, 0) is 9.47 Å². The molecule has 0 aromatic rings. The molecule has 6 heteroatoms. The summed E-state index contributed by atoms with van der Waals surface area (Å²) in [6, 6.07) is 0. The van der Waals surface area contributed by atoms with E-state index in [9.17, 15) is 10.2 Å². The minimum absolute atomic E-state index is 0.0125. The van der Waals surface area contributed by atoms with Crippen LogP contribution in [0.5, 0.6) is 0 Å². The molecule has 124 valence electrons. The highest BCUT2D eigenvalue weighted by molar-refractivity contribution is 8.17. The first kappa shape index (κ1) is 17.9. The van der Waals surface area contributed by atoms with Crippen LogP contribution in [0.15, 0.2) is 0 Å². The molecule has 3 unspecified atom stereocenters. The quantitative estimate of drug-likeness (QED) is 0.697. The van der Waals surface area contributed by atoms with E-state index in [0.717, 1.165) is 37.2 Å². The molecule has 2 rings (SSSR count). The van der Waals surface area contributed by atoms with Crippen LogP contribution in [-0.4, -0.2) is 57.0 Å². The van der Waals surface area contributed by atoms with Gasteiger partial charge in [-0.3, -0.25) is 0 Å². The minimum atomic E-state index is -0.880. The second kappa shape index (κ2) is 8.41. The average Bonchev–Trinajstić information content (AvgIpc) is 2.90. The smallest absolute Gasteiger partial charge is 0.169 e. The maximum atomic E-state index is 10.5. The second-order valence-corrected chi connectivity index (χ2v) is 8.83. The van der Waals surface area contributed by atoms with Crippen LogP contribution < -0.4 is 0 Å². The Balaban J connectivity index is 1.91. The lowest BCUT2D eigenvalue weighted by molar-refractivity contribution is -0.200. The van der Waals surface area contributed by atoms with Crippen molar-refractivity contribution >= 4 is 23.5 Å². The van der Waals surface area contributed by atoms with Crippen molar-refractivity contribution in [1.29, 1.82) is 0 Å². The Morgan fingerprint density at radius 2 is 1.71 bits per heavy atom. The Bertz CT molecular complexity index is 304. The summed E-state index contributed by atoms with van der Waals surface area (Å²) >= 11 is 3.36. The summed E-state index contributed by atoms with van der Waals surface area (Å²) in [5, 5.41) is 20.9. The van der Waals surface area contributed by atoms with Crippen molar-refractivity contribution in [2.24, 2.45) is 0 Å². The van der Waals surface area contributed by atoms with Crippen LogP contribution in [0.4, 0.5) is 0 Å². The van der Waals surface area contributed by atoms with Gasteiger partial charge in [-0.15, -0.1) is 23.5 Å². The molecule has 2 N–H and O–H groups in total. The molecule has 21 heavy (non-hydrogen) atoms. The van der Waals surface area contributed by atoms with E-state index in [1.165, 1.54) is 6.42 Å². The van der Waals surface area contributed by atoms with Gasteiger partial charge in [0.1, 0.15) is 18.3 Å². The van der Waals surface area contributed by atoms with Crippen molar-refractivity contribution < 1.29 is 19.7 Å². The highest BCUT2D eigenvalue weighted by atomic mass is 32.2. The summed E-state index contributed by atoms with van der Waals surface area (Å²) in [5.74, 6) is 1.36. The average molecular weight is 337 g/mol. The highest BCUT2D eigenvalue weighted by Crippen LogP contribution is 2.39. The van der Waals surface area contributed by atoms with Gasteiger partial charge < -0.3 is 19.7 Å². The van der Waals surface area contributed by atoms with Crippen molar-refractivity contribution in [1.82, 2.24) is 0 Å². The van der Waals surface area contributed by atoms with Gasteiger partial charge in [0.2, 0.25) is 0 Å². The molecule has 2 aliphatic rings. The van der Waals surface area contributed by atoms with Gasteiger partial charge >= 0.3 is 0 Å². The molecule has 1 aliphatic carbocycles. The molecule has 0 radical (unpaired) electrons. The van der Waals surface area contributed by atoms with Crippen LogP contribution in [0.25, 0.3) is 0 Å². The number of aliphatic hydroxyl groups excluding tert-OH is 2. The first-order valence-electron chi connectivity index (χ1n) is 8.03. The maximum absolute atomic E-state index is 10.5. The van der Waals surface area contributed by atoms with E-state index < -0.39 is 24.1 Å². The third kappa shape index (κ3) is 4.52. The van der Waals surface area contributed by atoms with E-state index in [0.29, 0.717) is 6.61 Å². The summed E-state index contributed by atoms with van der Waals surface area (Å²) in [6.45, 7) is 4.52. The molecule has 0 aromatic carbocycles. The molecule has 1 saturated carbocycles. The zero-order chi connectivity index (χ0) is 15.3. The first-order chi connectivity index (χ1) is 10.1. The zero-order valence-corrected chi connectivity index (χ0v) is 14.6. The fraction of sp³-hybridized carbons (Fsp3) is 1.00. The fourth-order valence-electron chi connectivity index (χ4n) is 3.05. The Morgan fingerprint density at radius 1 is 1.10 bits per heavy atom. The van der Waals surface area contributed by atoms with Crippen LogP contribution in [0, 0.1) is 0 Å². The maximum Gasteiger partial charge on any atom is 0.169 e. The lowest BCUT2D eigenvalue weighted by Crippen LogP contribution is -2.44. The van der Waals surface area contributed by atoms with Crippen LogP contribution in [0.2, 0.25) is 0 Å². The van der Waals surface area contributed by atoms with Crippen molar-refractivity contribution in [3.8, 4) is 0 Å². The third-order valence-electron chi connectivity index (χ3n) is 4.16. The number of ether oxygens (including phenoxy) is 2. The summed E-state index contributed by atoms with van der Waals surface area (Å²) < 4.78 is 11.9. The normalized spacial score (nSPS) is 28.1. The molecule has 4 nitrogen and oxygen atoms in total. The van der Waals surface area contributed by atoms with Crippen molar-refractivity contribution in [3.63, 3.8) is 0 Å². The number of aliphatic hydroxyl groups is 2. The molecule has 1 saturated heterocycles. The van der Waals surface area contributed by atoms with Crippen molar-refractivity contribution in [2.75, 3.05) is 18.1 Å². The van der Waals surface area contributed by atoms with Crippen molar-refractivity contribution in [3.05, 3.63) is 0 Å². The molecule has 2 fully saturated rings. The Morgan fingerprint density at radius 3 is 2.29 bits per heavy atom. The van der Waals surface area contributed by atoms with E-state index >= 15 is 0 Å². The van der Waals surface area contributed by atoms with Crippen LogP contribution in [0.3, 0.4) is 0 Å². The monoisotopic (exact) mass is 336 g/mol. The second-order valence-electron chi connectivity index (χ2n) is 5.70. The van der Waals surface area contributed by atoms with E-state index in [1.54, 1.807) is 23.5 Å². The predicted octanol–water partition coefficient (Wildman–Crippen LogP) is 2.62. The third-order valence-corrected chi connectivity index (χ3v) is 6.86. The van der Waals surface area contributed by atoms with E-state index in [1.807, 2.05) is 0 Å². The lowest BCUT2D eigenvalue weighted by atomic mass is 9.94. The number of rotatable bonds is 7. The fourth-order valence-corrected chi connectivity index (χ4v) is 5.63. The zero-order valence-electron chi connectivity index (χ0n) is 13.0. The van der Waals surface area contributed by atoms with Gasteiger partial charge in [-0.25, -0.2) is 0 Å². The molecular formula is C15H28O4S2. The Hall–Kier alpha value is 0.540. The van der Waals surface area contributed by atoms with Crippen LogP contribution in [0.1, 0.15) is 46.0 Å². The standard InChI is InChI=1S/C15H28O4S2/c1-3-20-14(21-4-2)13(17)12(16)11-10-18-15(19-11)8-6-5-7-9-15/h11-14,16-17H,3-10H2,1-2H3. The number of hydrogen-bond acceptors (Lipinski definition) is 6. The van der Waals surface area contributed by atoms with Gasteiger partial charge in [0.15, 0.2) is 5.79 Å². The summed E-state index contributed by atoms with van der Waals surface area (Å²) in [7, 11) is 0. The van der Waals surface area contributed by atoms with E-state index in [2.05, 4.69) is 13.8 Å². The molecule has 0 bridgehead atoms. The minimum Gasteiger partial charge on any atom is -0.388 e. The van der Waals surface area contributed by atoms with Gasteiger partial charge in [-0.05, 0) is 24.3 Å². The van der Waals surface area contributed by atoms with Gasteiger partial charge in [0, 0.05) is 12.8 Å². The van der Waals surface area contributed by atoms with Gasteiger partial charge in [-0.2, -0.15) is 0 Å². The molecule has 1 heterocycles. The topological polar surface area (TPSA) is 58.9 Å². The summed E-state index contributed by atoms with van der Waals surface area (Å²) in [6.07, 6.45) is 3.20. The molecule has 0 amide bonds. The van der Waals surface area contributed by atoms with Crippen LogP contribution >= 0.6 is 23.5 Å². The number of hydrogen-bond donors (Lipinski definition) is 2. The van der Waals surface area contributed by atoms with Gasteiger partial charge in [-0.1, -0.05) is 20.3 Å². The van der Waals surface area contributed by atoms with Crippen molar-refractivity contribution in [2.45, 2.75) is 74.6 Å². The summed E-state index contributed by atoms with van der Waals surface area (Å²) in [5.41, 5.74) is 0. The largest absolute Gasteiger partial charge is 0.388 e. The molecule has 1 aliphatic heterocycles. The molecule has 3 atom stereocenters. The summed E-state index contributed by atoms with van der Waals surface area (Å²) in [4.78, 5) is 0. The molecular weight excluding hydrogens is 308 g/mol. The lowest BCUT2D eigenvalue weighted by Gasteiger charge is -2.33. The van der Waals surface area contributed by atoms with Gasteiger partial charge in [0.05, 0.1) is 11.2 Å². The molecule has 1 spiro atoms. The van der Waals surface area contributed by atoms with Gasteiger partial charge in [0.25, 0.3) is 0 Å². The first-order valence-corrected chi connectivity index (χ1v) is 10.1. The SMILES string of the molecule is CCSC(SCC)C(O)C(O)C1COC2(CCCCC2)O1.